The number of hydrogen-bond donors (Lipinski definition) is 1. The topological polar surface area (TPSA) is 87.4 Å². The average Bonchev–Trinajstić information content (AvgIpc) is 2.87. The molecule has 164 valence electrons. The van der Waals surface area contributed by atoms with Gasteiger partial charge in [0.1, 0.15) is 11.9 Å². The van der Waals surface area contributed by atoms with Gasteiger partial charge in [-0.3, -0.25) is 15.0 Å². The predicted octanol–water partition coefficient (Wildman–Crippen LogP) is 5.85. The summed E-state index contributed by atoms with van der Waals surface area (Å²) in [5, 5.41) is 15.1. The van der Waals surface area contributed by atoms with Crippen LogP contribution in [0, 0.1) is 25.2 Å². The van der Waals surface area contributed by atoms with Crippen molar-refractivity contribution in [2.24, 2.45) is 0 Å². The predicted molar refractivity (Wildman–Crippen MR) is 134 cm³/mol. The van der Waals surface area contributed by atoms with Crippen molar-refractivity contribution in [3.8, 4) is 28.6 Å². The lowest BCUT2D eigenvalue weighted by Crippen LogP contribution is -2.04. The SMILES string of the molecule is Cc1cccc(-c2ncc(CNc3nccc4cc(-c5ccnc(C)c5)ncc34)cc2C#N)c1. The van der Waals surface area contributed by atoms with Crippen molar-refractivity contribution in [3.05, 3.63) is 102 Å². The van der Waals surface area contributed by atoms with Crippen LogP contribution in [0.2, 0.25) is 0 Å². The van der Waals surface area contributed by atoms with Gasteiger partial charge >= 0.3 is 0 Å². The zero-order valence-corrected chi connectivity index (χ0v) is 18.9. The highest BCUT2D eigenvalue weighted by Gasteiger charge is 2.10. The lowest BCUT2D eigenvalue weighted by Gasteiger charge is -2.11. The summed E-state index contributed by atoms with van der Waals surface area (Å²) in [5.41, 5.74) is 7.11. The van der Waals surface area contributed by atoms with E-state index < -0.39 is 0 Å². The molecule has 0 unspecified atom stereocenters. The molecule has 4 heterocycles. The number of nitrogens with one attached hydrogen (secondary N) is 1. The quantitative estimate of drug-likeness (QED) is 0.367. The number of aromatic nitrogens is 4. The molecule has 0 aliphatic rings. The van der Waals surface area contributed by atoms with Gasteiger partial charge in [-0.25, -0.2) is 4.98 Å². The lowest BCUT2D eigenvalue weighted by atomic mass is 10.0. The number of nitriles is 1. The summed E-state index contributed by atoms with van der Waals surface area (Å²) < 4.78 is 0. The van der Waals surface area contributed by atoms with Crippen LogP contribution in [-0.4, -0.2) is 19.9 Å². The van der Waals surface area contributed by atoms with Gasteiger partial charge in [-0.1, -0.05) is 23.8 Å². The smallest absolute Gasteiger partial charge is 0.135 e. The van der Waals surface area contributed by atoms with E-state index in [4.69, 9.17) is 0 Å². The Morgan fingerprint density at radius 1 is 0.853 bits per heavy atom. The number of anilines is 1. The summed E-state index contributed by atoms with van der Waals surface area (Å²) in [4.78, 5) is 18.0. The second kappa shape index (κ2) is 9.08. The fraction of sp³-hybridized carbons (Fsp3) is 0.107. The molecular weight excluding hydrogens is 420 g/mol. The van der Waals surface area contributed by atoms with Gasteiger partial charge in [-0.15, -0.1) is 0 Å². The molecule has 0 aliphatic carbocycles. The van der Waals surface area contributed by atoms with Gasteiger partial charge in [0.25, 0.3) is 0 Å². The van der Waals surface area contributed by atoms with Gasteiger partial charge in [0.2, 0.25) is 0 Å². The molecule has 0 spiro atoms. The minimum Gasteiger partial charge on any atom is -0.365 e. The summed E-state index contributed by atoms with van der Waals surface area (Å²) >= 11 is 0. The Bertz CT molecular complexity index is 1550. The van der Waals surface area contributed by atoms with E-state index in [1.54, 1.807) is 18.6 Å². The van der Waals surface area contributed by atoms with Gasteiger partial charge in [0.15, 0.2) is 0 Å². The first-order valence-corrected chi connectivity index (χ1v) is 11.0. The fourth-order valence-electron chi connectivity index (χ4n) is 3.97. The summed E-state index contributed by atoms with van der Waals surface area (Å²) in [6.45, 7) is 4.49. The highest BCUT2D eigenvalue weighted by atomic mass is 15.0. The van der Waals surface area contributed by atoms with E-state index in [1.807, 2.05) is 68.6 Å². The molecule has 0 amide bonds. The maximum absolute atomic E-state index is 9.70. The third-order valence-corrected chi connectivity index (χ3v) is 5.66. The second-order valence-corrected chi connectivity index (χ2v) is 8.21. The summed E-state index contributed by atoms with van der Waals surface area (Å²) in [7, 11) is 0. The van der Waals surface area contributed by atoms with Gasteiger partial charge < -0.3 is 5.32 Å². The molecule has 1 aromatic carbocycles. The molecule has 0 radical (unpaired) electrons. The Morgan fingerprint density at radius 3 is 2.56 bits per heavy atom. The number of aryl methyl sites for hydroxylation is 2. The minimum atomic E-state index is 0.493. The Balaban J connectivity index is 1.40. The van der Waals surface area contributed by atoms with Crippen molar-refractivity contribution in [1.29, 1.82) is 5.26 Å². The largest absolute Gasteiger partial charge is 0.365 e. The number of benzene rings is 1. The number of nitrogens with zero attached hydrogens (tertiary/aromatic N) is 5. The van der Waals surface area contributed by atoms with Crippen LogP contribution in [0.25, 0.3) is 33.3 Å². The third-order valence-electron chi connectivity index (χ3n) is 5.66. The molecule has 6 heteroatoms. The molecular formula is C28H22N6. The maximum atomic E-state index is 9.70. The highest BCUT2D eigenvalue weighted by molar-refractivity contribution is 5.93. The van der Waals surface area contributed by atoms with Gasteiger partial charge in [0, 0.05) is 53.5 Å². The molecule has 0 saturated carbocycles. The van der Waals surface area contributed by atoms with E-state index in [1.165, 1.54) is 0 Å². The van der Waals surface area contributed by atoms with Crippen LogP contribution in [0.4, 0.5) is 5.82 Å². The normalized spacial score (nSPS) is 10.7. The molecule has 0 aliphatic heterocycles. The molecule has 5 rings (SSSR count). The maximum Gasteiger partial charge on any atom is 0.135 e. The van der Waals surface area contributed by atoms with Crippen molar-refractivity contribution in [2.75, 3.05) is 5.32 Å². The van der Waals surface area contributed by atoms with Crippen molar-refractivity contribution >= 4 is 16.6 Å². The molecule has 0 saturated heterocycles. The second-order valence-electron chi connectivity index (χ2n) is 8.21. The lowest BCUT2D eigenvalue weighted by molar-refractivity contribution is 1.09. The summed E-state index contributed by atoms with van der Waals surface area (Å²) in [6, 6.07) is 20.2. The van der Waals surface area contributed by atoms with Crippen LogP contribution in [0.1, 0.15) is 22.4 Å². The monoisotopic (exact) mass is 442 g/mol. The van der Waals surface area contributed by atoms with Crippen LogP contribution in [0.5, 0.6) is 0 Å². The van der Waals surface area contributed by atoms with Gasteiger partial charge in [0.05, 0.1) is 17.0 Å². The molecule has 34 heavy (non-hydrogen) atoms. The molecule has 4 aromatic heterocycles. The Hall–Kier alpha value is -4.63. The van der Waals surface area contributed by atoms with E-state index in [0.717, 1.165) is 50.2 Å². The fourth-order valence-corrected chi connectivity index (χ4v) is 3.97. The standard InChI is InChI=1S/C28H22N6/c1-18-4-3-5-23(10-18)27-24(14-29)12-20(15-33-27)16-34-28-25-17-32-26(13-21(25)6-9-31-28)22-7-8-30-19(2)11-22/h3-13,15,17H,16H2,1-2H3,(H,31,34). The number of fused-ring (bicyclic) bond motifs is 1. The molecule has 6 nitrogen and oxygen atoms in total. The van der Waals surface area contributed by atoms with E-state index in [0.29, 0.717) is 17.8 Å². The van der Waals surface area contributed by atoms with Crippen LogP contribution < -0.4 is 5.32 Å². The first kappa shape index (κ1) is 21.2. The van der Waals surface area contributed by atoms with Crippen LogP contribution >= 0.6 is 0 Å². The van der Waals surface area contributed by atoms with Crippen molar-refractivity contribution < 1.29 is 0 Å². The van der Waals surface area contributed by atoms with Crippen LogP contribution in [0.15, 0.2) is 79.4 Å². The van der Waals surface area contributed by atoms with Crippen molar-refractivity contribution in [3.63, 3.8) is 0 Å². The summed E-state index contributed by atoms with van der Waals surface area (Å²) in [5.74, 6) is 0.740. The molecule has 1 N–H and O–H groups in total. The Labute approximate surface area is 198 Å². The molecule has 0 fully saturated rings. The van der Waals surface area contributed by atoms with E-state index in [9.17, 15) is 5.26 Å². The number of pyridine rings is 4. The highest BCUT2D eigenvalue weighted by Crippen LogP contribution is 2.27. The first-order valence-electron chi connectivity index (χ1n) is 11.0. The number of rotatable bonds is 5. The summed E-state index contributed by atoms with van der Waals surface area (Å²) in [6.07, 6.45) is 7.23. The van der Waals surface area contributed by atoms with Crippen LogP contribution in [-0.2, 0) is 6.54 Å². The van der Waals surface area contributed by atoms with Crippen LogP contribution in [0.3, 0.4) is 0 Å². The van der Waals surface area contributed by atoms with E-state index >= 15 is 0 Å². The molecule has 0 bridgehead atoms. The third kappa shape index (κ3) is 4.32. The molecule has 0 atom stereocenters. The van der Waals surface area contributed by atoms with E-state index in [2.05, 4.69) is 37.4 Å². The first-order chi connectivity index (χ1) is 16.6. The van der Waals surface area contributed by atoms with Gasteiger partial charge in [-0.2, -0.15) is 5.26 Å². The minimum absolute atomic E-state index is 0.493. The zero-order chi connectivity index (χ0) is 23.5. The zero-order valence-electron chi connectivity index (χ0n) is 18.9. The van der Waals surface area contributed by atoms with Crippen molar-refractivity contribution in [2.45, 2.75) is 20.4 Å². The average molecular weight is 443 g/mol. The van der Waals surface area contributed by atoms with Crippen molar-refractivity contribution in [1.82, 2.24) is 19.9 Å². The molecule has 5 aromatic rings. The number of hydrogen-bond acceptors (Lipinski definition) is 6. The Morgan fingerprint density at radius 2 is 1.74 bits per heavy atom. The van der Waals surface area contributed by atoms with E-state index in [-0.39, 0.29) is 0 Å². The van der Waals surface area contributed by atoms with Gasteiger partial charge in [-0.05, 0) is 61.2 Å². The Kier molecular flexibility index (Phi) is 5.67.